The Bertz CT molecular complexity index is 1890. The molecule has 226 valence electrons. The highest BCUT2D eigenvalue weighted by Crippen LogP contribution is 2.33. The number of benzene rings is 3. The third-order valence-corrected chi connectivity index (χ3v) is 8.23. The molecule has 0 aliphatic rings. The lowest BCUT2D eigenvalue weighted by Gasteiger charge is -2.09. The third kappa shape index (κ3) is 6.25. The average Bonchev–Trinajstić information content (AvgIpc) is 3.54. The van der Waals surface area contributed by atoms with Crippen molar-refractivity contribution in [2.24, 2.45) is 0 Å². The van der Waals surface area contributed by atoms with E-state index in [0.29, 0.717) is 22.5 Å². The number of nitro groups is 1. The lowest BCUT2D eigenvalue weighted by atomic mass is 10.0. The molecule has 0 fully saturated rings. The summed E-state index contributed by atoms with van der Waals surface area (Å²) in [4.78, 5) is 41.8. The number of unbranched alkanes of at least 4 members (excludes halogenated alkanes) is 5. The van der Waals surface area contributed by atoms with Crippen molar-refractivity contribution >= 4 is 51.0 Å². The minimum Gasteiger partial charge on any atom is -0.358 e. The average molecular weight is 591 g/mol. The number of hydrogen-bond donors (Lipinski definition) is 0. The number of carbonyl (C=O) groups is 2. The molecule has 0 aliphatic carbocycles. The van der Waals surface area contributed by atoms with E-state index in [1.54, 1.807) is 32.1 Å². The Labute approximate surface area is 257 Å². The molecule has 0 saturated carbocycles. The van der Waals surface area contributed by atoms with E-state index < -0.39 is 4.92 Å². The Balaban J connectivity index is 1.65. The zero-order chi connectivity index (χ0) is 31.4. The van der Waals surface area contributed by atoms with Gasteiger partial charge in [0.05, 0.1) is 0 Å². The zero-order valence-corrected chi connectivity index (χ0v) is 25.8. The van der Waals surface area contributed by atoms with Gasteiger partial charge in [-0.3, -0.25) is 9.59 Å². The molecule has 0 N–H and O–H groups in total. The number of ketones is 2. The second kappa shape index (κ2) is 13.2. The smallest absolute Gasteiger partial charge is 0.348 e. The Morgan fingerprint density at radius 1 is 0.864 bits per heavy atom. The summed E-state index contributed by atoms with van der Waals surface area (Å²) in [6.07, 6.45) is 10.0. The number of imidazole rings is 1. The summed E-state index contributed by atoms with van der Waals surface area (Å²) >= 11 is 0. The summed E-state index contributed by atoms with van der Waals surface area (Å²) < 4.78 is 3.62. The van der Waals surface area contributed by atoms with Crippen molar-refractivity contribution in [3.8, 4) is 0 Å². The molecule has 0 amide bonds. The van der Waals surface area contributed by atoms with Gasteiger partial charge in [0.2, 0.25) is 5.78 Å². The lowest BCUT2D eigenvalue weighted by Crippen LogP contribution is -2.13. The maximum absolute atomic E-state index is 13.9. The SMILES string of the molecule is CCCCCCCCn1c2ccc(/C=C(/C(=O)c3ccc(C)cc3)n3c([N+](=O)[O-])cnc3C)cc2c2cc(C(C)=O)ccc21. The molecule has 2 heterocycles. The lowest BCUT2D eigenvalue weighted by molar-refractivity contribution is -0.390. The number of allylic oxidation sites excluding steroid dienone is 1. The number of hydrogen-bond acceptors (Lipinski definition) is 5. The van der Waals surface area contributed by atoms with Gasteiger partial charge in [-0.25, -0.2) is 4.98 Å². The van der Waals surface area contributed by atoms with Crippen LogP contribution < -0.4 is 0 Å². The molecular formula is C36H38N4O4. The van der Waals surface area contributed by atoms with Gasteiger partial charge in [0.1, 0.15) is 6.20 Å². The van der Waals surface area contributed by atoms with E-state index in [1.807, 2.05) is 55.5 Å². The standard InChI is InChI=1S/C36H38N4O4/c1-5-6-7-8-9-10-19-38-32-17-13-27(20-30(32)31-22-29(25(3)41)16-18-33(31)38)21-34(36(42)28-14-11-24(2)12-15-28)39-26(4)37-23-35(39)40(43)44/h11-18,20-23H,5-10,19H2,1-4H3/b34-21-. The molecular weight excluding hydrogens is 552 g/mol. The quantitative estimate of drug-likeness (QED) is 0.0448. The molecule has 0 bridgehead atoms. The molecule has 8 heteroatoms. The summed E-state index contributed by atoms with van der Waals surface area (Å²) in [6.45, 7) is 8.22. The number of aromatic nitrogens is 3. The van der Waals surface area contributed by atoms with Crippen LogP contribution >= 0.6 is 0 Å². The van der Waals surface area contributed by atoms with Gasteiger partial charge in [-0.05, 0) is 67.2 Å². The van der Waals surface area contributed by atoms with Crippen LogP contribution in [0.1, 0.15) is 90.0 Å². The van der Waals surface area contributed by atoms with Crippen LogP contribution in [-0.4, -0.2) is 30.6 Å². The van der Waals surface area contributed by atoms with E-state index >= 15 is 0 Å². The highest BCUT2D eigenvalue weighted by Gasteiger charge is 2.28. The van der Waals surface area contributed by atoms with Crippen molar-refractivity contribution in [3.63, 3.8) is 0 Å². The molecule has 0 spiro atoms. The van der Waals surface area contributed by atoms with Gasteiger partial charge in [0.15, 0.2) is 17.3 Å². The third-order valence-electron chi connectivity index (χ3n) is 8.23. The van der Waals surface area contributed by atoms with E-state index in [0.717, 1.165) is 46.8 Å². The van der Waals surface area contributed by atoms with Crippen molar-refractivity contribution in [1.82, 2.24) is 14.1 Å². The van der Waals surface area contributed by atoms with Crippen LogP contribution in [0.2, 0.25) is 0 Å². The fourth-order valence-electron chi connectivity index (χ4n) is 5.82. The topological polar surface area (TPSA) is 100 Å². The van der Waals surface area contributed by atoms with Crippen LogP contribution in [0.4, 0.5) is 5.82 Å². The van der Waals surface area contributed by atoms with Gasteiger partial charge in [0, 0.05) is 46.4 Å². The minimum atomic E-state index is -0.529. The van der Waals surface area contributed by atoms with E-state index in [9.17, 15) is 19.7 Å². The summed E-state index contributed by atoms with van der Waals surface area (Å²) in [5.41, 5.74) is 5.00. The summed E-state index contributed by atoms with van der Waals surface area (Å²) in [7, 11) is 0. The van der Waals surface area contributed by atoms with Crippen LogP contribution in [0.15, 0.2) is 66.9 Å². The fourth-order valence-corrected chi connectivity index (χ4v) is 5.82. The highest BCUT2D eigenvalue weighted by atomic mass is 16.6. The van der Waals surface area contributed by atoms with Crippen LogP contribution in [0.5, 0.6) is 0 Å². The zero-order valence-electron chi connectivity index (χ0n) is 25.8. The maximum atomic E-state index is 13.9. The van der Waals surface area contributed by atoms with Gasteiger partial charge in [-0.15, -0.1) is 0 Å². The van der Waals surface area contributed by atoms with Gasteiger partial charge in [-0.1, -0.05) is 74.9 Å². The molecule has 5 rings (SSSR count). The van der Waals surface area contributed by atoms with Gasteiger partial charge in [-0.2, -0.15) is 4.57 Å². The number of Topliss-reactive ketones (excluding diaryl/α,β-unsaturated/α-hetero) is 2. The summed E-state index contributed by atoms with van der Waals surface area (Å²) in [5.74, 6) is -0.296. The Hall–Kier alpha value is -4.85. The Morgan fingerprint density at radius 3 is 2.18 bits per heavy atom. The molecule has 8 nitrogen and oxygen atoms in total. The number of aryl methyl sites for hydroxylation is 3. The highest BCUT2D eigenvalue weighted by molar-refractivity contribution is 6.28. The first-order valence-corrected chi connectivity index (χ1v) is 15.3. The molecule has 0 unspecified atom stereocenters. The van der Waals surface area contributed by atoms with Crippen LogP contribution in [0, 0.1) is 24.0 Å². The van der Waals surface area contributed by atoms with E-state index in [-0.39, 0.29) is 23.1 Å². The molecule has 0 radical (unpaired) electrons. The largest absolute Gasteiger partial charge is 0.358 e. The second-order valence-electron chi connectivity index (χ2n) is 11.5. The monoisotopic (exact) mass is 590 g/mol. The van der Waals surface area contributed by atoms with Gasteiger partial charge >= 0.3 is 5.82 Å². The number of carbonyl (C=O) groups excluding carboxylic acids is 2. The second-order valence-corrected chi connectivity index (χ2v) is 11.5. The first kappa shape index (κ1) is 30.6. The number of rotatable bonds is 13. The Kier molecular flexibility index (Phi) is 9.18. The molecule has 0 aliphatic heterocycles. The number of nitrogens with zero attached hydrogens (tertiary/aromatic N) is 4. The van der Waals surface area contributed by atoms with Crippen molar-refractivity contribution in [2.45, 2.75) is 72.8 Å². The molecule has 2 aromatic heterocycles. The Morgan fingerprint density at radius 2 is 1.50 bits per heavy atom. The number of fused-ring (bicyclic) bond motifs is 3. The molecule has 5 aromatic rings. The minimum absolute atomic E-state index is 0.00588. The summed E-state index contributed by atoms with van der Waals surface area (Å²) in [5, 5.41) is 13.9. The molecule has 3 aromatic carbocycles. The van der Waals surface area contributed by atoms with Gasteiger partial charge in [0.25, 0.3) is 0 Å². The predicted octanol–water partition coefficient (Wildman–Crippen LogP) is 8.96. The first-order chi connectivity index (χ1) is 21.2. The van der Waals surface area contributed by atoms with Crippen molar-refractivity contribution in [2.75, 3.05) is 0 Å². The van der Waals surface area contributed by atoms with Crippen LogP contribution in [0.25, 0.3) is 33.6 Å². The van der Waals surface area contributed by atoms with Gasteiger partial charge < -0.3 is 14.7 Å². The molecule has 0 atom stereocenters. The fraction of sp³-hybridized carbons (Fsp3) is 0.306. The maximum Gasteiger partial charge on any atom is 0.348 e. The van der Waals surface area contributed by atoms with Crippen LogP contribution in [0.3, 0.4) is 0 Å². The van der Waals surface area contributed by atoms with E-state index in [1.165, 1.54) is 36.4 Å². The van der Waals surface area contributed by atoms with Crippen LogP contribution in [-0.2, 0) is 6.54 Å². The van der Waals surface area contributed by atoms with E-state index in [2.05, 4.69) is 16.5 Å². The summed E-state index contributed by atoms with van der Waals surface area (Å²) in [6, 6.07) is 19.0. The van der Waals surface area contributed by atoms with Crippen molar-refractivity contribution in [3.05, 3.63) is 105 Å². The normalized spacial score (nSPS) is 11.9. The predicted molar refractivity (Wildman–Crippen MR) is 176 cm³/mol. The molecule has 44 heavy (non-hydrogen) atoms. The van der Waals surface area contributed by atoms with Crippen molar-refractivity contribution < 1.29 is 14.5 Å². The van der Waals surface area contributed by atoms with E-state index in [4.69, 9.17) is 0 Å². The molecule has 0 saturated heterocycles. The van der Waals surface area contributed by atoms with Crippen molar-refractivity contribution in [1.29, 1.82) is 0 Å². The first-order valence-electron chi connectivity index (χ1n) is 15.3.